The Morgan fingerprint density at radius 3 is 2.72 bits per heavy atom. The van der Waals surface area contributed by atoms with E-state index in [0.717, 1.165) is 36.3 Å². The molecular formula is C12H24IN3OS. The molecule has 0 aromatic rings. The van der Waals surface area contributed by atoms with E-state index in [1.807, 2.05) is 11.8 Å². The lowest BCUT2D eigenvalue weighted by molar-refractivity contribution is 0.0724. The second kappa shape index (κ2) is 7.79. The molecule has 3 N–H and O–H groups in total. The molecule has 106 valence electrons. The number of thioether (sulfide) groups is 1. The molecule has 1 unspecified atom stereocenters. The van der Waals surface area contributed by atoms with E-state index >= 15 is 0 Å². The number of nitrogens with zero attached hydrogens (tertiary/aromatic N) is 1. The number of hydrogen-bond donors (Lipinski definition) is 3. The van der Waals surface area contributed by atoms with Gasteiger partial charge >= 0.3 is 0 Å². The molecule has 0 bridgehead atoms. The van der Waals surface area contributed by atoms with Crippen LogP contribution < -0.4 is 10.6 Å². The second-order valence-electron chi connectivity index (χ2n) is 5.13. The third-order valence-electron chi connectivity index (χ3n) is 3.67. The maximum absolute atomic E-state index is 10.2. The molecule has 1 saturated carbocycles. The monoisotopic (exact) mass is 385 g/mol. The number of nitrogens with one attached hydrogen (secondary N) is 2. The minimum atomic E-state index is -0.543. The molecule has 1 saturated heterocycles. The quantitative estimate of drug-likeness (QED) is 0.390. The van der Waals surface area contributed by atoms with Crippen molar-refractivity contribution in [2.45, 2.75) is 31.3 Å². The third kappa shape index (κ3) is 4.77. The van der Waals surface area contributed by atoms with Crippen LogP contribution in [0.25, 0.3) is 0 Å². The van der Waals surface area contributed by atoms with Crippen LogP contribution in [0, 0.1) is 5.92 Å². The van der Waals surface area contributed by atoms with E-state index in [2.05, 4.69) is 15.6 Å². The lowest BCUT2D eigenvalue weighted by atomic mass is 9.85. The van der Waals surface area contributed by atoms with Gasteiger partial charge in [-0.25, -0.2) is 0 Å². The van der Waals surface area contributed by atoms with Crippen molar-refractivity contribution in [3.05, 3.63) is 0 Å². The summed E-state index contributed by atoms with van der Waals surface area (Å²) in [6.45, 7) is 1.61. The van der Waals surface area contributed by atoms with Gasteiger partial charge in [0.1, 0.15) is 0 Å². The van der Waals surface area contributed by atoms with Gasteiger partial charge in [-0.3, -0.25) is 4.99 Å². The SMILES string of the molecule is CN=C(NCC1CCC1)NCC1(O)CCSC1.I. The number of aliphatic imine (C=N–C) groups is 1. The molecule has 6 heteroatoms. The van der Waals surface area contributed by atoms with Gasteiger partial charge in [0.2, 0.25) is 0 Å². The summed E-state index contributed by atoms with van der Waals surface area (Å²) in [6, 6.07) is 0. The third-order valence-corrected chi connectivity index (χ3v) is 4.91. The standard InChI is InChI=1S/C12H23N3OS.HI/c1-13-11(14-7-10-3-2-4-10)15-8-12(16)5-6-17-9-12;/h10,16H,2-9H2,1H3,(H2,13,14,15);1H. The maximum Gasteiger partial charge on any atom is 0.191 e. The van der Waals surface area contributed by atoms with E-state index in [1.165, 1.54) is 19.3 Å². The van der Waals surface area contributed by atoms with E-state index in [-0.39, 0.29) is 24.0 Å². The Hall–Kier alpha value is 0.310. The van der Waals surface area contributed by atoms with Gasteiger partial charge in [-0.2, -0.15) is 11.8 Å². The van der Waals surface area contributed by atoms with Crippen LogP contribution in [0.15, 0.2) is 4.99 Å². The molecule has 0 aromatic carbocycles. The average Bonchev–Trinajstić information content (AvgIpc) is 2.68. The Labute approximate surface area is 131 Å². The number of rotatable bonds is 4. The zero-order valence-electron chi connectivity index (χ0n) is 10.9. The molecule has 0 radical (unpaired) electrons. The van der Waals surface area contributed by atoms with Crippen molar-refractivity contribution in [2.75, 3.05) is 31.6 Å². The smallest absolute Gasteiger partial charge is 0.191 e. The van der Waals surface area contributed by atoms with Crippen LogP contribution >= 0.6 is 35.7 Å². The summed E-state index contributed by atoms with van der Waals surface area (Å²) in [7, 11) is 1.78. The summed E-state index contributed by atoms with van der Waals surface area (Å²) in [6.07, 6.45) is 4.93. The molecule has 4 nitrogen and oxygen atoms in total. The van der Waals surface area contributed by atoms with Crippen LogP contribution in [0.5, 0.6) is 0 Å². The largest absolute Gasteiger partial charge is 0.387 e. The van der Waals surface area contributed by atoms with E-state index in [1.54, 1.807) is 7.05 Å². The second-order valence-corrected chi connectivity index (χ2v) is 6.24. The molecular weight excluding hydrogens is 361 g/mol. The van der Waals surface area contributed by atoms with Crippen LogP contribution in [0.4, 0.5) is 0 Å². The van der Waals surface area contributed by atoms with Crippen LogP contribution in [0.3, 0.4) is 0 Å². The van der Waals surface area contributed by atoms with Crippen molar-refractivity contribution < 1.29 is 5.11 Å². The van der Waals surface area contributed by atoms with Gasteiger partial charge in [0.05, 0.1) is 5.60 Å². The molecule has 2 aliphatic rings. The topological polar surface area (TPSA) is 56.7 Å². The Morgan fingerprint density at radius 2 is 2.22 bits per heavy atom. The first-order chi connectivity index (χ1) is 8.22. The molecule has 18 heavy (non-hydrogen) atoms. The van der Waals surface area contributed by atoms with Gasteiger partial charge in [-0.15, -0.1) is 24.0 Å². The molecule has 1 heterocycles. The first-order valence-electron chi connectivity index (χ1n) is 6.46. The fourth-order valence-electron chi connectivity index (χ4n) is 2.14. The predicted molar refractivity (Wildman–Crippen MR) is 89.0 cm³/mol. The van der Waals surface area contributed by atoms with Crippen molar-refractivity contribution in [3.63, 3.8) is 0 Å². The van der Waals surface area contributed by atoms with E-state index in [9.17, 15) is 5.11 Å². The highest BCUT2D eigenvalue weighted by molar-refractivity contribution is 14.0. The lowest BCUT2D eigenvalue weighted by Crippen LogP contribution is -2.48. The van der Waals surface area contributed by atoms with Gasteiger partial charge in [0, 0.05) is 25.9 Å². The highest BCUT2D eigenvalue weighted by atomic mass is 127. The van der Waals surface area contributed by atoms with E-state index in [4.69, 9.17) is 0 Å². The molecule has 0 aromatic heterocycles. The molecule has 1 aliphatic carbocycles. The summed E-state index contributed by atoms with van der Waals surface area (Å²) in [5, 5.41) is 16.8. The molecule has 1 aliphatic heterocycles. The van der Waals surface area contributed by atoms with Gasteiger partial charge in [-0.1, -0.05) is 6.42 Å². The minimum absolute atomic E-state index is 0. The van der Waals surface area contributed by atoms with Crippen LogP contribution in [0.1, 0.15) is 25.7 Å². The maximum atomic E-state index is 10.2. The average molecular weight is 385 g/mol. The molecule has 1 atom stereocenters. The molecule has 2 fully saturated rings. The number of hydrogen-bond acceptors (Lipinski definition) is 3. The molecule has 2 rings (SSSR count). The van der Waals surface area contributed by atoms with Gasteiger partial charge < -0.3 is 15.7 Å². The van der Waals surface area contributed by atoms with Crippen molar-refractivity contribution in [3.8, 4) is 0 Å². The van der Waals surface area contributed by atoms with Crippen molar-refractivity contribution in [1.82, 2.24) is 10.6 Å². The van der Waals surface area contributed by atoms with Gasteiger partial charge in [0.25, 0.3) is 0 Å². The Bertz CT molecular complexity index is 278. The van der Waals surface area contributed by atoms with Crippen molar-refractivity contribution in [2.24, 2.45) is 10.9 Å². The fourth-order valence-corrected chi connectivity index (χ4v) is 3.44. The Morgan fingerprint density at radius 1 is 1.44 bits per heavy atom. The molecule has 0 spiro atoms. The van der Waals surface area contributed by atoms with Gasteiger partial charge in [0.15, 0.2) is 5.96 Å². The summed E-state index contributed by atoms with van der Waals surface area (Å²) in [4.78, 5) is 4.19. The number of guanidine groups is 1. The van der Waals surface area contributed by atoms with Crippen LogP contribution in [-0.2, 0) is 0 Å². The Kier molecular flexibility index (Phi) is 7.08. The van der Waals surface area contributed by atoms with E-state index in [0.29, 0.717) is 6.54 Å². The van der Waals surface area contributed by atoms with Crippen molar-refractivity contribution >= 4 is 41.7 Å². The lowest BCUT2D eigenvalue weighted by Gasteiger charge is -2.27. The summed E-state index contributed by atoms with van der Waals surface area (Å²) in [5.41, 5.74) is -0.543. The summed E-state index contributed by atoms with van der Waals surface area (Å²) >= 11 is 1.82. The molecule has 0 amide bonds. The van der Waals surface area contributed by atoms with Gasteiger partial charge in [-0.05, 0) is 30.9 Å². The van der Waals surface area contributed by atoms with E-state index < -0.39 is 5.60 Å². The first kappa shape index (κ1) is 16.4. The summed E-state index contributed by atoms with van der Waals surface area (Å²) in [5.74, 6) is 3.53. The number of halogens is 1. The normalized spacial score (nSPS) is 28.4. The van der Waals surface area contributed by atoms with Crippen LogP contribution in [0.2, 0.25) is 0 Å². The first-order valence-corrected chi connectivity index (χ1v) is 7.62. The predicted octanol–water partition coefficient (Wildman–Crippen LogP) is 1.44. The highest BCUT2D eigenvalue weighted by Crippen LogP contribution is 2.27. The minimum Gasteiger partial charge on any atom is -0.387 e. The van der Waals surface area contributed by atoms with Crippen LogP contribution in [-0.4, -0.2) is 48.3 Å². The zero-order chi connectivity index (χ0) is 12.1. The Balaban J connectivity index is 0.00000162. The summed E-state index contributed by atoms with van der Waals surface area (Å²) < 4.78 is 0. The highest BCUT2D eigenvalue weighted by Gasteiger charge is 2.31. The van der Waals surface area contributed by atoms with Crippen molar-refractivity contribution in [1.29, 1.82) is 0 Å². The fraction of sp³-hybridized carbons (Fsp3) is 0.917. The zero-order valence-corrected chi connectivity index (χ0v) is 14.1. The number of aliphatic hydroxyl groups is 1.